The summed E-state index contributed by atoms with van der Waals surface area (Å²) in [5.74, 6) is -0.728. The van der Waals surface area contributed by atoms with Gasteiger partial charge in [-0.15, -0.1) is 5.10 Å². The van der Waals surface area contributed by atoms with Crippen molar-refractivity contribution < 1.29 is 13.9 Å². The van der Waals surface area contributed by atoms with Crippen LogP contribution in [0.4, 0.5) is 4.39 Å². The van der Waals surface area contributed by atoms with Gasteiger partial charge in [-0.25, -0.2) is 4.39 Å². The highest BCUT2D eigenvalue weighted by Gasteiger charge is 2.17. The van der Waals surface area contributed by atoms with E-state index in [0.29, 0.717) is 10.6 Å². The second-order valence-electron chi connectivity index (χ2n) is 3.37. The van der Waals surface area contributed by atoms with Crippen molar-refractivity contribution in [3.63, 3.8) is 0 Å². The van der Waals surface area contributed by atoms with Crippen LogP contribution in [0.2, 0.25) is 0 Å². The van der Waals surface area contributed by atoms with Crippen LogP contribution >= 0.6 is 11.5 Å². The van der Waals surface area contributed by atoms with Crippen LogP contribution < -0.4 is 4.74 Å². The molecule has 0 aliphatic heterocycles. The van der Waals surface area contributed by atoms with Crippen molar-refractivity contribution in [3.8, 4) is 5.75 Å². The number of hydrogen-bond donors (Lipinski definition) is 0. The molecule has 0 saturated carbocycles. The number of ether oxygens (including phenoxy) is 1. The van der Waals surface area contributed by atoms with Gasteiger partial charge < -0.3 is 4.74 Å². The molecule has 0 unspecified atom stereocenters. The van der Waals surface area contributed by atoms with E-state index in [1.54, 1.807) is 6.92 Å². The Morgan fingerprint density at radius 2 is 2.24 bits per heavy atom. The smallest absolute Gasteiger partial charge is 0.206 e. The average Bonchev–Trinajstić information content (AvgIpc) is 2.74. The summed E-state index contributed by atoms with van der Waals surface area (Å²) in [6.07, 6.45) is 0. The van der Waals surface area contributed by atoms with Crippen molar-refractivity contribution in [2.75, 3.05) is 7.11 Å². The van der Waals surface area contributed by atoms with E-state index in [-0.39, 0.29) is 17.1 Å². The summed E-state index contributed by atoms with van der Waals surface area (Å²) in [7, 11) is 1.37. The van der Waals surface area contributed by atoms with Crippen LogP contribution in [0.15, 0.2) is 18.2 Å². The molecule has 2 rings (SSSR count). The fourth-order valence-corrected chi connectivity index (χ4v) is 2.00. The number of rotatable bonds is 3. The number of hydrogen-bond acceptors (Lipinski definition) is 5. The molecule has 0 aliphatic rings. The number of aromatic nitrogens is 2. The molecule has 4 nitrogen and oxygen atoms in total. The van der Waals surface area contributed by atoms with E-state index in [2.05, 4.69) is 9.59 Å². The summed E-state index contributed by atoms with van der Waals surface area (Å²) in [6.45, 7) is 1.69. The SMILES string of the molecule is COc1ccc(C(=O)c2snnc2C)cc1F. The first-order chi connectivity index (χ1) is 8.13. The molecule has 1 aromatic carbocycles. The van der Waals surface area contributed by atoms with E-state index in [1.807, 2.05) is 0 Å². The number of halogens is 1. The Bertz CT molecular complexity index is 568. The van der Waals surface area contributed by atoms with Crippen molar-refractivity contribution >= 4 is 17.3 Å². The molecule has 6 heteroatoms. The van der Waals surface area contributed by atoms with Gasteiger partial charge in [-0.2, -0.15) is 0 Å². The number of ketones is 1. The van der Waals surface area contributed by atoms with E-state index in [9.17, 15) is 9.18 Å². The Hall–Kier alpha value is -1.82. The zero-order valence-corrected chi connectivity index (χ0v) is 10.0. The highest BCUT2D eigenvalue weighted by Crippen LogP contribution is 2.21. The van der Waals surface area contributed by atoms with Crippen molar-refractivity contribution in [2.24, 2.45) is 0 Å². The lowest BCUT2D eigenvalue weighted by atomic mass is 10.1. The maximum absolute atomic E-state index is 13.4. The zero-order chi connectivity index (χ0) is 12.4. The first kappa shape index (κ1) is 11.7. The van der Waals surface area contributed by atoms with Gasteiger partial charge in [0.1, 0.15) is 4.88 Å². The Kier molecular flexibility index (Phi) is 3.14. The van der Waals surface area contributed by atoms with Gasteiger partial charge in [0, 0.05) is 5.56 Å². The van der Waals surface area contributed by atoms with Gasteiger partial charge in [0.25, 0.3) is 0 Å². The standard InChI is InChI=1S/C11H9FN2O2S/c1-6-11(17-14-13-6)10(15)7-3-4-9(16-2)8(12)5-7/h3-5H,1-2H3. The largest absolute Gasteiger partial charge is 0.494 e. The molecule has 2 aromatic rings. The van der Waals surface area contributed by atoms with Gasteiger partial charge in [-0.1, -0.05) is 4.49 Å². The van der Waals surface area contributed by atoms with Crippen molar-refractivity contribution in [1.82, 2.24) is 9.59 Å². The number of aryl methyl sites for hydroxylation is 1. The molecule has 0 saturated heterocycles. The minimum atomic E-state index is -0.562. The minimum absolute atomic E-state index is 0.112. The summed E-state index contributed by atoms with van der Waals surface area (Å²) in [6, 6.07) is 4.09. The van der Waals surface area contributed by atoms with Gasteiger partial charge in [0.2, 0.25) is 5.78 Å². The van der Waals surface area contributed by atoms with Crippen molar-refractivity contribution in [3.05, 3.63) is 40.2 Å². The lowest BCUT2D eigenvalue weighted by Gasteiger charge is -2.03. The number of nitrogens with zero attached hydrogens (tertiary/aromatic N) is 2. The molecule has 17 heavy (non-hydrogen) atoms. The molecule has 0 N–H and O–H groups in total. The molecule has 0 fully saturated rings. The normalized spacial score (nSPS) is 10.3. The lowest BCUT2D eigenvalue weighted by Crippen LogP contribution is -2.02. The van der Waals surface area contributed by atoms with E-state index in [1.165, 1.54) is 19.2 Å². The Balaban J connectivity index is 2.39. The fraction of sp³-hybridized carbons (Fsp3) is 0.182. The van der Waals surface area contributed by atoms with Crippen molar-refractivity contribution in [1.29, 1.82) is 0 Å². The van der Waals surface area contributed by atoms with Gasteiger partial charge in [0.05, 0.1) is 12.8 Å². The second-order valence-corrected chi connectivity index (χ2v) is 4.12. The molecule has 1 aromatic heterocycles. The number of carbonyl (C=O) groups is 1. The van der Waals surface area contributed by atoms with Crippen molar-refractivity contribution in [2.45, 2.75) is 6.92 Å². The summed E-state index contributed by atoms with van der Waals surface area (Å²) < 4.78 is 21.9. The first-order valence-corrected chi connectivity index (χ1v) is 5.58. The van der Waals surface area contributed by atoms with Crippen LogP contribution in [0.25, 0.3) is 0 Å². The molecule has 0 radical (unpaired) electrons. The Labute approximate surface area is 101 Å². The molecule has 0 amide bonds. The third-order valence-corrected chi connectivity index (χ3v) is 3.10. The van der Waals surface area contributed by atoms with Crippen LogP contribution in [0.3, 0.4) is 0 Å². The molecule has 1 heterocycles. The predicted molar refractivity (Wildman–Crippen MR) is 61.0 cm³/mol. The monoisotopic (exact) mass is 252 g/mol. The second kappa shape index (κ2) is 4.58. The van der Waals surface area contributed by atoms with Crippen LogP contribution in [0.5, 0.6) is 5.75 Å². The van der Waals surface area contributed by atoms with E-state index < -0.39 is 5.82 Å². The quantitative estimate of drug-likeness (QED) is 0.786. The molecular formula is C11H9FN2O2S. The highest BCUT2D eigenvalue weighted by atomic mass is 32.1. The summed E-state index contributed by atoms with van der Waals surface area (Å²) >= 11 is 1.00. The van der Waals surface area contributed by atoms with Crippen LogP contribution in [0.1, 0.15) is 20.9 Å². The molecular weight excluding hydrogens is 243 g/mol. The Morgan fingerprint density at radius 1 is 1.47 bits per heavy atom. The first-order valence-electron chi connectivity index (χ1n) is 4.80. The average molecular weight is 252 g/mol. The molecule has 0 atom stereocenters. The number of benzene rings is 1. The highest BCUT2D eigenvalue weighted by molar-refractivity contribution is 7.08. The van der Waals surface area contributed by atoms with Crippen LogP contribution in [0, 0.1) is 12.7 Å². The maximum Gasteiger partial charge on any atom is 0.206 e. The molecule has 88 valence electrons. The minimum Gasteiger partial charge on any atom is -0.494 e. The van der Waals surface area contributed by atoms with E-state index in [0.717, 1.165) is 17.6 Å². The van der Waals surface area contributed by atoms with E-state index in [4.69, 9.17) is 4.74 Å². The van der Waals surface area contributed by atoms with Gasteiger partial charge in [-0.05, 0) is 36.7 Å². The van der Waals surface area contributed by atoms with Crippen LogP contribution in [-0.4, -0.2) is 22.5 Å². The maximum atomic E-state index is 13.4. The number of carbonyl (C=O) groups excluding carboxylic acids is 1. The van der Waals surface area contributed by atoms with E-state index >= 15 is 0 Å². The topological polar surface area (TPSA) is 52.1 Å². The van der Waals surface area contributed by atoms with Gasteiger partial charge >= 0.3 is 0 Å². The fourth-order valence-electron chi connectivity index (χ4n) is 1.38. The lowest BCUT2D eigenvalue weighted by molar-refractivity contribution is 0.104. The molecule has 0 aliphatic carbocycles. The summed E-state index contributed by atoms with van der Waals surface area (Å²) in [5.41, 5.74) is 0.814. The van der Waals surface area contributed by atoms with Gasteiger partial charge in [0.15, 0.2) is 11.6 Å². The predicted octanol–water partition coefficient (Wildman–Crippen LogP) is 2.23. The molecule has 0 bridgehead atoms. The molecule has 0 spiro atoms. The third kappa shape index (κ3) is 2.16. The summed E-state index contributed by atoms with van der Waals surface area (Å²) in [4.78, 5) is 12.4. The third-order valence-electron chi connectivity index (χ3n) is 2.27. The van der Waals surface area contributed by atoms with Crippen LogP contribution in [-0.2, 0) is 0 Å². The summed E-state index contributed by atoms with van der Waals surface area (Å²) in [5, 5.41) is 3.75. The Morgan fingerprint density at radius 3 is 2.76 bits per heavy atom. The number of methoxy groups -OCH3 is 1. The van der Waals surface area contributed by atoms with Gasteiger partial charge in [-0.3, -0.25) is 4.79 Å². The zero-order valence-electron chi connectivity index (χ0n) is 9.23.